The summed E-state index contributed by atoms with van der Waals surface area (Å²) in [5, 5.41) is 0. The van der Waals surface area contributed by atoms with Gasteiger partial charge < -0.3 is 14.2 Å². The number of rotatable bonds is 7. The quantitative estimate of drug-likeness (QED) is 0.215. The van der Waals surface area contributed by atoms with Crippen LogP contribution in [0.15, 0.2) is 103 Å². The first-order valence-corrected chi connectivity index (χ1v) is 11.1. The zero-order valence-corrected chi connectivity index (χ0v) is 19.0. The molecule has 35 heavy (non-hydrogen) atoms. The van der Waals surface area contributed by atoms with Crippen molar-refractivity contribution in [3.05, 3.63) is 114 Å². The monoisotopic (exact) mass is 462 g/mol. The van der Waals surface area contributed by atoms with Crippen LogP contribution in [0.2, 0.25) is 0 Å². The van der Waals surface area contributed by atoms with E-state index >= 15 is 0 Å². The van der Waals surface area contributed by atoms with Crippen LogP contribution in [0.3, 0.4) is 0 Å². The fourth-order valence-corrected chi connectivity index (χ4v) is 3.62. The second-order valence-electron chi connectivity index (χ2n) is 7.80. The average Bonchev–Trinajstić information content (AvgIpc) is 2.92. The third-order valence-electron chi connectivity index (χ3n) is 5.44. The Kier molecular flexibility index (Phi) is 6.35. The van der Waals surface area contributed by atoms with Gasteiger partial charge in [0, 0.05) is 5.56 Å². The van der Waals surface area contributed by atoms with Gasteiger partial charge in [0.05, 0.1) is 35.6 Å². The summed E-state index contributed by atoms with van der Waals surface area (Å²) in [6, 6.07) is 29.5. The summed E-state index contributed by atoms with van der Waals surface area (Å²) in [5.41, 5.74) is 4.53. The lowest BCUT2D eigenvalue weighted by molar-refractivity contribution is 0.0735. The van der Waals surface area contributed by atoms with E-state index in [0.717, 1.165) is 22.2 Å². The molecule has 0 amide bonds. The maximum absolute atomic E-state index is 12.7. The maximum Gasteiger partial charge on any atom is 0.343 e. The number of nitrogens with zero attached hydrogens (tertiary/aromatic N) is 2. The number of carbonyl (C=O) groups excluding carboxylic acids is 1. The smallest absolute Gasteiger partial charge is 0.343 e. The zero-order valence-electron chi connectivity index (χ0n) is 19.0. The first-order chi connectivity index (χ1) is 17.2. The third kappa shape index (κ3) is 5.12. The molecule has 6 heteroatoms. The third-order valence-corrected chi connectivity index (χ3v) is 5.44. The van der Waals surface area contributed by atoms with Crippen molar-refractivity contribution >= 4 is 17.0 Å². The minimum absolute atomic E-state index is 0.352. The highest BCUT2D eigenvalue weighted by molar-refractivity contribution is 5.91. The van der Waals surface area contributed by atoms with E-state index in [1.54, 1.807) is 37.6 Å². The highest BCUT2D eigenvalue weighted by atomic mass is 16.5. The summed E-state index contributed by atoms with van der Waals surface area (Å²) in [6.45, 7) is 0.352. The normalized spacial score (nSPS) is 10.7. The molecule has 0 radical (unpaired) electrons. The van der Waals surface area contributed by atoms with Crippen LogP contribution in [0.25, 0.3) is 22.3 Å². The second kappa shape index (κ2) is 10.1. The zero-order chi connectivity index (χ0) is 24.0. The molecule has 0 bridgehead atoms. The molecule has 0 aliphatic heterocycles. The van der Waals surface area contributed by atoms with Crippen LogP contribution >= 0.6 is 0 Å². The Hall–Kier alpha value is -4.71. The van der Waals surface area contributed by atoms with Crippen molar-refractivity contribution in [3.8, 4) is 28.5 Å². The minimum Gasteiger partial charge on any atom is -0.493 e. The Morgan fingerprint density at radius 3 is 2.34 bits per heavy atom. The van der Waals surface area contributed by atoms with Crippen LogP contribution in [0, 0.1) is 0 Å². The fourth-order valence-electron chi connectivity index (χ4n) is 3.62. The average molecular weight is 463 g/mol. The maximum atomic E-state index is 12.7. The first kappa shape index (κ1) is 22.1. The minimum atomic E-state index is -0.441. The largest absolute Gasteiger partial charge is 0.493 e. The van der Waals surface area contributed by atoms with E-state index in [-0.39, 0.29) is 0 Å². The van der Waals surface area contributed by atoms with E-state index in [1.807, 2.05) is 72.8 Å². The number of para-hydroxylation sites is 4. The Balaban J connectivity index is 1.25. The van der Waals surface area contributed by atoms with E-state index in [2.05, 4.69) is 9.97 Å². The summed E-state index contributed by atoms with van der Waals surface area (Å²) >= 11 is 0. The molecule has 4 aromatic carbocycles. The van der Waals surface area contributed by atoms with Gasteiger partial charge >= 0.3 is 5.97 Å². The molecular weight excluding hydrogens is 440 g/mol. The van der Waals surface area contributed by atoms with Crippen molar-refractivity contribution in [1.82, 2.24) is 9.97 Å². The van der Waals surface area contributed by atoms with Crippen molar-refractivity contribution in [2.75, 3.05) is 7.11 Å². The van der Waals surface area contributed by atoms with Gasteiger partial charge in [-0.15, -0.1) is 0 Å². The van der Waals surface area contributed by atoms with Gasteiger partial charge in [-0.1, -0.05) is 48.5 Å². The number of fused-ring (bicyclic) bond motifs is 1. The van der Waals surface area contributed by atoms with Crippen molar-refractivity contribution < 1.29 is 19.0 Å². The van der Waals surface area contributed by atoms with Gasteiger partial charge in [0.15, 0.2) is 11.5 Å². The molecule has 0 N–H and O–H groups in total. The van der Waals surface area contributed by atoms with E-state index < -0.39 is 5.97 Å². The van der Waals surface area contributed by atoms with Gasteiger partial charge in [-0.3, -0.25) is 4.98 Å². The first-order valence-electron chi connectivity index (χ1n) is 11.1. The highest BCUT2D eigenvalue weighted by Gasteiger charge is 2.11. The molecule has 6 nitrogen and oxygen atoms in total. The summed E-state index contributed by atoms with van der Waals surface area (Å²) in [7, 11) is 1.60. The van der Waals surface area contributed by atoms with Crippen LogP contribution in [-0.4, -0.2) is 23.0 Å². The van der Waals surface area contributed by atoms with Gasteiger partial charge in [-0.2, -0.15) is 0 Å². The molecule has 0 atom stereocenters. The summed E-state index contributed by atoms with van der Waals surface area (Å²) < 4.78 is 16.8. The van der Waals surface area contributed by atoms with Crippen LogP contribution in [0.5, 0.6) is 17.2 Å². The predicted molar refractivity (Wildman–Crippen MR) is 134 cm³/mol. The second-order valence-corrected chi connectivity index (χ2v) is 7.80. The van der Waals surface area contributed by atoms with E-state index in [0.29, 0.717) is 35.1 Å². The lowest BCUT2D eigenvalue weighted by Crippen LogP contribution is -2.08. The predicted octanol–water partition coefficient (Wildman–Crippen LogP) is 6.10. The Bertz CT molecular complexity index is 1480. The van der Waals surface area contributed by atoms with Crippen LogP contribution < -0.4 is 14.2 Å². The van der Waals surface area contributed by atoms with Gasteiger partial charge in [0.1, 0.15) is 12.4 Å². The summed E-state index contributed by atoms with van der Waals surface area (Å²) in [4.78, 5) is 21.8. The van der Waals surface area contributed by atoms with Gasteiger partial charge in [0.2, 0.25) is 0 Å². The van der Waals surface area contributed by atoms with Crippen molar-refractivity contribution in [2.45, 2.75) is 6.61 Å². The van der Waals surface area contributed by atoms with E-state index in [1.165, 1.54) is 0 Å². The van der Waals surface area contributed by atoms with Crippen molar-refractivity contribution in [1.29, 1.82) is 0 Å². The molecule has 5 aromatic rings. The number of carbonyl (C=O) groups is 1. The number of ether oxygens (including phenoxy) is 3. The van der Waals surface area contributed by atoms with Crippen LogP contribution in [0.1, 0.15) is 15.9 Å². The molecule has 0 aliphatic rings. The molecule has 0 saturated heterocycles. The number of benzene rings is 4. The molecule has 0 unspecified atom stereocenters. The van der Waals surface area contributed by atoms with Gasteiger partial charge in [-0.05, 0) is 54.1 Å². The number of hydrogen-bond donors (Lipinski definition) is 0. The molecule has 1 heterocycles. The van der Waals surface area contributed by atoms with Gasteiger partial charge in [-0.25, -0.2) is 9.78 Å². The topological polar surface area (TPSA) is 70.5 Å². The molecule has 172 valence electrons. The van der Waals surface area contributed by atoms with Crippen LogP contribution in [-0.2, 0) is 6.61 Å². The molecule has 0 saturated carbocycles. The Morgan fingerprint density at radius 2 is 1.54 bits per heavy atom. The van der Waals surface area contributed by atoms with Gasteiger partial charge in [0.25, 0.3) is 0 Å². The number of methoxy groups -OCH3 is 1. The Morgan fingerprint density at radius 1 is 0.800 bits per heavy atom. The van der Waals surface area contributed by atoms with Crippen molar-refractivity contribution in [2.24, 2.45) is 0 Å². The molecule has 0 spiro atoms. The number of esters is 1. The SMILES string of the molecule is COc1ccccc1OCc1ccc(C(=O)Oc2cccc(-c3cnc4ccccc4n3)c2)cc1. The van der Waals surface area contributed by atoms with Crippen molar-refractivity contribution in [3.63, 3.8) is 0 Å². The summed E-state index contributed by atoms with van der Waals surface area (Å²) in [5.74, 6) is 1.33. The number of hydrogen-bond acceptors (Lipinski definition) is 6. The van der Waals surface area contributed by atoms with E-state index in [4.69, 9.17) is 14.2 Å². The van der Waals surface area contributed by atoms with E-state index in [9.17, 15) is 4.79 Å². The molecule has 0 aliphatic carbocycles. The molecule has 0 fully saturated rings. The fraction of sp³-hybridized carbons (Fsp3) is 0.0690. The standard InChI is InChI=1S/C29H22N2O4/c1-33-27-11-4-5-12-28(27)34-19-20-13-15-21(16-14-20)29(32)35-23-8-6-7-22(17-23)26-18-30-24-9-2-3-10-25(24)31-26/h2-18H,19H2,1H3. The molecule has 1 aromatic heterocycles. The number of aromatic nitrogens is 2. The van der Waals surface area contributed by atoms with Crippen LogP contribution in [0.4, 0.5) is 0 Å². The Labute approximate surface area is 202 Å². The lowest BCUT2D eigenvalue weighted by Gasteiger charge is -2.11. The highest BCUT2D eigenvalue weighted by Crippen LogP contribution is 2.27. The molecule has 5 rings (SSSR count). The lowest BCUT2D eigenvalue weighted by atomic mass is 10.1. The summed E-state index contributed by atoms with van der Waals surface area (Å²) in [6.07, 6.45) is 1.72. The molecular formula is C29H22N2O4.